The van der Waals surface area contributed by atoms with Gasteiger partial charge in [0.2, 0.25) is 0 Å². The van der Waals surface area contributed by atoms with Crippen molar-refractivity contribution in [2.24, 2.45) is 0 Å². The highest BCUT2D eigenvalue weighted by molar-refractivity contribution is 9.10. The van der Waals surface area contributed by atoms with E-state index in [4.69, 9.17) is 4.42 Å². The first-order valence-corrected chi connectivity index (χ1v) is 4.37. The maximum absolute atomic E-state index is 10.4. The number of benzene rings is 1. The van der Waals surface area contributed by atoms with Crippen molar-refractivity contribution in [3.05, 3.63) is 28.4 Å². The Labute approximate surface area is 82.1 Å². The molecule has 1 aromatic carbocycles. The van der Waals surface area contributed by atoms with Crippen molar-refractivity contribution in [2.45, 2.75) is 0 Å². The molecule has 0 radical (unpaired) electrons. The number of furan rings is 1. The van der Waals surface area contributed by atoms with Crippen LogP contribution in [-0.2, 0) is 0 Å². The Morgan fingerprint density at radius 2 is 2.15 bits per heavy atom. The Balaban J connectivity index is 2.77. The minimum absolute atomic E-state index is 0.0966. The van der Waals surface area contributed by atoms with Crippen LogP contribution in [-0.4, -0.2) is 11.4 Å². The molecule has 0 saturated carbocycles. The third kappa shape index (κ3) is 1.33. The van der Waals surface area contributed by atoms with E-state index in [1.807, 2.05) is 0 Å². The highest BCUT2D eigenvalue weighted by Crippen LogP contribution is 2.30. The predicted octanol–water partition coefficient (Wildman–Crippen LogP) is 2.71. The van der Waals surface area contributed by atoms with Crippen molar-refractivity contribution in [3.63, 3.8) is 0 Å². The Morgan fingerprint density at radius 3 is 2.85 bits per heavy atom. The number of rotatable bonds is 1. The lowest BCUT2D eigenvalue weighted by molar-refractivity contribution is 0.110. The molecule has 4 heteroatoms. The van der Waals surface area contributed by atoms with Crippen molar-refractivity contribution >= 4 is 33.2 Å². The fraction of sp³-hybridized carbons (Fsp3) is 0. The molecule has 3 nitrogen and oxygen atoms in total. The average Bonchev–Trinajstić information content (AvgIpc) is 2.48. The lowest BCUT2D eigenvalue weighted by Gasteiger charge is -1.94. The van der Waals surface area contributed by atoms with E-state index in [-0.39, 0.29) is 11.5 Å². The Kier molecular flexibility index (Phi) is 1.84. The molecule has 0 unspecified atom stereocenters. The molecule has 1 heterocycles. The smallest absolute Gasteiger partial charge is 0.185 e. The number of carbonyl (C=O) groups excluding carboxylic acids is 1. The van der Waals surface area contributed by atoms with Gasteiger partial charge in [-0.15, -0.1) is 0 Å². The molecule has 2 aromatic rings. The normalized spacial score (nSPS) is 10.5. The number of hydrogen-bond acceptors (Lipinski definition) is 3. The maximum Gasteiger partial charge on any atom is 0.185 e. The molecule has 2 rings (SSSR count). The molecule has 0 atom stereocenters. The molecule has 0 aliphatic heterocycles. The van der Waals surface area contributed by atoms with Gasteiger partial charge in [-0.2, -0.15) is 0 Å². The van der Waals surface area contributed by atoms with Gasteiger partial charge in [0.1, 0.15) is 11.3 Å². The monoisotopic (exact) mass is 240 g/mol. The molecule has 0 aliphatic rings. The lowest BCUT2D eigenvalue weighted by atomic mass is 10.2. The van der Waals surface area contributed by atoms with Crippen LogP contribution in [0.15, 0.2) is 27.1 Å². The second kappa shape index (κ2) is 2.88. The summed E-state index contributed by atoms with van der Waals surface area (Å²) in [6, 6.07) is 4.78. The SMILES string of the molecule is O=Cc1cc2cc(Br)c(O)cc2o1. The van der Waals surface area contributed by atoms with Gasteiger partial charge in [-0.05, 0) is 28.1 Å². The fourth-order valence-corrected chi connectivity index (χ4v) is 1.49. The van der Waals surface area contributed by atoms with Crippen LogP contribution in [0.3, 0.4) is 0 Å². The highest BCUT2D eigenvalue weighted by Gasteiger charge is 2.06. The summed E-state index contributed by atoms with van der Waals surface area (Å²) < 4.78 is 5.69. The Bertz CT molecular complexity index is 434. The lowest BCUT2D eigenvalue weighted by Crippen LogP contribution is -1.68. The second-order valence-corrected chi connectivity index (χ2v) is 3.46. The third-order valence-corrected chi connectivity index (χ3v) is 2.36. The van der Waals surface area contributed by atoms with E-state index in [1.165, 1.54) is 6.07 Å². The summed E-state index contributed by atoms with van der Waals surface area (Å²) in [5, 5.41) is 10.1. The summed E-state index contributed by atoms with van der Waals surface area (Å²) in [5.74, 6) is 0.354. The van der Waals surface area contributed by atoms with Gasteiger partial charge in [0, 0.05) is 11.5 Å². The number of fused-ring (bicyclic) bond motifs is 1. The molecular weight excluding hydrogens is 236 g/mol. The number of aromatic hydroxyl groups is 1. The molecule has 0 spiro atoms. The molecule has 13 heavy (non-hydrogen) atoms. The van der Waals surface area contributed by atoms with Gasteiger partial charge in [-0.1, -0.05) is 0 Å². The van der Waals surface area contributed by atoms with Crippen molar-refractivity contribution in [3.8, 4) is 5.75 Å². The number of aldehydes is 1. The standard InChI is InChI=1S/C9H5BrO3/c10-7-2-5-1-6(4-11)13-9(5)3-8(7)12/h1-4,12H. The molecule has 66 valence electrons. The molecule has 0 amide bonds. The third-order valence-electron chi connectivity index (χ3n) is 1.72. The van der Waals surface area contributed by atoms with Gasteiger partial charge in [0.15, 0.2) is 12.0 Å². The van der Waals surface area contributed by atoms with Crippen LogP contribution in [0.5, 0.6) is 5.75 Å². The van der Waals surface area contributed by atoms with Crippen molar-refractivity contribution in [1.29, 1.82) is 0 Å². The topological polar surface area (TPSA) is 50.4 Å². The zero-order chi connectivity index (χ0) is 9.42. The summed E-state index contributed by atoms with van der Waals surface area (Å²) in [6.45, 7) is 0. The van der Waals surface area contributed by atoms with Crippen LogP contribution in [0.1, 0.15) is 10.6 Å². The molecule has 1 aromatic heterocycles. The maximum atomic E-state index is 10.4. The highest BCUT2D eigenvalue weighted by atomic mass is 79.9. The van der Waals surface area contributed by atoms with Gasteiger partial charge in [-0.25, -0.2) is 0 Å². The summed E-state index contributed by atoms with van der Waals surface area (Å²) >= 11 is 3.17. The summed E-state index contributed by atoms with van der Waals surface area (Å²) in [4.78, 5) is 10.4. The minimum Gasteiger partial charge on any atom is -0.507 e. The van der Waals surface area contributed by atoms with E-state index in [0.717, 1.165) is 5.39 Å². The van der Waals surface area contributed by atoms with Crippen LogP contribution < -0.4 is 0 Å². The Hall–Kier alpha value is -1.29. The van der Waals surface area contributed by atoms with Gasteiger partial charge in [-0.3, -0.25) is 4.79 Å². The van der Waals surface area contributed by atoms with Crippen LogP contribution in [0, 0.1) is 0 Å². The summed E-state index contributed by atoms with van der Waals surface area (Å²) in [5.41, 5.74) is 0.503. The van der Waals surface area contributed by atoms with Gasteiger partial charge in [0.25, 0.3) is 0 Å². The fourth-order valence-electron chi connectivity index (χ4n) is 1.13. The van der Waals surface area contributed by atoms with E-state index < -0.39 is 0 Å². The average molecular weight is 241 g/mol. The predicted molar refractivity (Wildman–Crippen MR) is 51.0 cm³/mol. The van der Waals surface area contributed by atoms with Crippen molar-refractivity contribution in [2.75, 3.05) is 0 Å². The zero-order valence-corrected chi connectivity index (χ0v) is 8.04. The first-order chi connectivity index (χ1) is 6.20. The van der Waals surface area contributed by atoms with E-state index >= 15 is 0 Å². The Morgan fingerprint density at radius 1 is 1.38 bits per heavy atom. The number of halogens is 1. The zero-order valence-electron chi connectivity index (χ0n) is 6.45. The number of phenols is 1. The van der Waals surface area contributed by atoms with E-state index in [9.17, 15) is 9.90 Å². The first kappa shape index (κ1) is 8.31. The molecule has 0 bridgehead atoms. The van der Waals surface area contributed by atoms with Gasteiger partial charge in [0.05, 0.1) is 4.47 Å². The summed E-state index contributed by atoms with van der Waals surface area (Å²) in [7, 11) is 0. The van der Waals surface area contributed by atoms with Crippen molar-refractivity contribution < 1.29 is 14.3 Å². The quantitative estimate of drug-likeness (QED) is 0.781. The molecular formula is C9H5BrO3. The van der Waals surface area contributed by atoms with Crippen LogP contribution >= 0.6 is 15.9 Å². The first-order valence-electron chi connectivity index (χ1n) is 3.58. The molecule has 0 aliphatic carbocycles. The largest absolute Gasteiger partial charge is 0.507 e. The number of hydrogen-bond donors (Lipinski definition) is 1. The van der Waals surface area contributed by atoms with Crippen molar-refractivity contribution in [1.82, 2.24) is 0 Å². The summed E-state index contributed by atoms with van der Waals surface area (Å²) in [6.07, 6.45) is 0.630. The van der Waals surface area contributed by atoms with Crippen LogP contribution in [0.4, 0.5) is 0 Å². The van der Waals surface area contributed by atoms with Crippen LogP contribution in [0.25, 0.3) is 11.0 Å². The molecule has 0 saturated heterocycles. The number of phenolic OH excluding ortho intramolecular Hbond substituents is 1. The van der Waals surface area contributed by atoms with E-state index in [0.29, 0.717) is 16.3 Å². The van der Waals surface area contributed by atoms with E-state index in [2.05, 4.69) is 15.9 Å². The molecule has 1 N–H and O–H groups in total. The minimum atomic E-state index is 0.0966. The molecule has 0 fully saturated rings. The second-order valence-electron chi connectivity index (χ2n) is 2.61. The number of carbonyl (C=O) groups is 1. The van der Waals surface area contributed by atoms with Gasteiger partial charge >= 0.3 is 0 Å². The van der Waals surface area contributed by atoms with Gasteiger partial charge < -0.3 is 9.52 Å². The van der Waals surface area contributed by atoms with E-state index in [1.54, 1.807) is 12.1 Å². The van der Waals surface area contributed by atoms with Crippen LogP contribution in [0.2, 0.25) is 0 Å².